The molecule has 3 aromatic rings. The number of carbonyl (C=O) groups excluding carboxylic acids is 1. The standard InChI is InChI=1S/C26H27NO3/c1-2-30-26(29)24(19-27-18-9-8-13-20-11-4-3-5-12-20)25(28)23-17-10-15-21-14-6-7-16-22(21)23/h3-7,10-12,14-17,19,28H,2,8-9,13,18H2,1H3/b25-24+,27-19?. The van der Waals surface area contributed by atoms with Crippen molar-refractivity contribution in [2.24, 2.45) is 4.99 Å². The van der Waals surface area contributed by atoms with E-state index in [2.05, 4.69) is 17.1 Å². The third kappa shape index (κ3) is 5.57. The molecule has 0 heterocycles. The van der Waals surface area contributed by atoms with Gasteiger partial charge in [0, 0.05) is 18.3 Å². The van der Waals surface area contributed by atoms with Gasteiger partial charge in [0.05, 0.1) is 6.61 Å². The monoisotopic (exact) mass is 401 g/mol. The lowest BCUT2D eigenvalue weighted by Crippen LogP contribution is -2.11. The molecule has 0 bridgehead atoms. The van der Waals surface area contributed by atoms with Crippen LogP contribution in [0, 0.1) is 0 Å². The number of hydrogen-bond acceptors (Lipinski definition) is 4. The minimum absolute atomic E-state index is 0.0799. The summed E-state index contributed by atoms with van der Waals surface area (Å²) in [5, 5.41) is 12.8. The highest BCUT2D eigenvalue weighted by atomic mass is 16.5. The van der Waals surface area contributed by atoms with E-state index in [1.54, 1.807) is 13.0 Å². The molecule has 0 atom stereocenters. The molecule has 4 heteroatoms. The summed E-state index contributed by atoms with van der Waals surface area (Å²) in [6.07, 6.45) is 4.35. The highest BCUT2D eigenvalue weighted by Gasteiger charge is 2.17. The molecule has 0 amide bonds. The number of aliphatic hydroxyl groups is 1. The predicted octanol–water partition coefficient (Wildman–Crippen LogP) is 5.77. The number of ether oxygens (including phenoxy) is 1. The Morgan fingerprint density at radius 2 is 1.70 bits per heavy atom. The largest absolute Gasteiger partial charge is 0.506 e. The second-order valence-corrected chi connectivity index (χ2v) is 6.99. The summed E-state index contributed by atoms with van der Waals surface area (Å²) in [5.74, 6) is -0.686. The predicted molar refractivity (Wildman–Crippen MR) is 123 cm³/mol. The van der Waals surface area contributed by atoms with Gasteiger partial charge in [0.1, 0.15) is 11.3 Å². The van der Waals surface area contributed by atoms with Gasteiger partial charge in [-0.15, -0.1) is 0 Å². The number of nitrogens with zero attached hydrogens (tertiary/aromatic N) is 1. The van der Waals surface area contributed by atoms with Crippen LogP contribution < -0.4 is 0 Å². The van der Waals surface area contributed by atoms with Crippen molar-refractivity contribution in [1.29, 1.82) is 0 Å². The van der Waals surface area contributed by atoms with Gasteiger partial charge in [-0.05, 0) is 42.5 Å². The molecule has 3 aromatic carbocycles. The van der Waals surface area contributed by atoms with E-state index in [4.69, 9.17) is 4.74 Å². The summed E-state index contributed by atoms with van der Waals surface area (Å²) in [6.45, 7) is 2.56. The molecule has 0 aliphatic heterocycles. The van der Waals surface area contributed by atoms with Gasteiger partial charge in [0.25, 0.3) is 0 Å². The van der Waals surface area contributed by atoms with E-state index >= 15 is 0 Å². The molecule has 154 valence electrons. The van der Waals surface area contributed by atoms with Crippen LogP contribution in [0.2, 0.25) is 0 Å². The molecule has 0 saturated carbocycles. The number of rotatable bonds is 9. The molecule has 0 aliphatic carbocycles. The number of esters is 1. The number of carbonyl (C=O) groups is 1. The molecular formula is C26H27NO3. The van der Waals surface area contributed by atoms with Gasteiger partial charge >= 0.3 is 5.97 Å². The van der Waals surface area contributed by atoms with Gasteiger partial charge in [-0.2, -0.15) is 0 Å². The number of aliphatic imine (C=N–C) groups is 1. The minimum atomic E-state index is -0.573. The zero-order valence-corrected chi connectivity index (χ0v) is 17.3. The van der Waals surface area contributed by atoms with Crippen LogP contribution in [0.1, 0.15) is 30.9 Å². The lowest BCUT2D eigenvalue weighted by Gasteiger charge is -2.09. The fraction of sp³-hybridized carbons (Fsp3) is 0.231. The van der Waals surface area contributed by atoms with E-state index in [9.17, 15) is 9.90 Å². The van der Waals surface area contributed by atoms with Crippen molar-refractivity contribution in [2.75, 3.05) is 13.2 Å². The summed E-state index contributed by atoms with van der Waals surface area (Å²) >= 11 is 0. The Balaban J connectivity index is 1.75. The first-order valence-electron chi connectivity index (χ1n) is 10.3. The lowest BCUT2D eigenvalue weighted by atomic mass is 10.0. The summed E-state index contributed by atoms with van der Waals surface area (Å²) in [5.41, 5.74) is 1.98. The maximum Gasteiger partial charge on any atom is 0.343 e. The summed E-state index contributed by atoms with van der Waals surface area (Å²) in [4.78, 5) is 16.9. The van der Waals surface area contributed by atoms with Gasteiger partial charge < -0.3 is 9.84 Å². The Labute approximate surface area is 177 Å². The Bertz CT molecular complexity index is 1030. The van der Waals surface area contributed by atoms with Crippen molar-refractivity contribution < 1.29 is 14.6 Å². The van der Waals surface area contributed by atoms with Crippen molar-refractivity contribution in [2.45, 2.75) is 26.2 Å². The maximum absolute atomic E-state index is 12.5. The number of hydrogen-bond donors (Lipinski definition) is 1. The molecule has 0 fully saturated rings. The third-order valence-electron chi connectivity index (χ3n) is 4.86. The molecule has 30 heavy (non-hydrogen) atoms. The Morgan fingerprint density at radius 1 is 0.967 bits per heavy atom. The van der Waals surface area contributed by atoms with Crippen molar-refractivity contribution in [3.05, 3.63) is 89.5 Å². The topological polar surface area (TPSA) is 58.9 Å². The zero-order valence-electron chi connectivity index (χ0n) is 17.3. The van der Waals surface area contributed by atoms with Gasteiger partial charge in [0.15, 0.2) is 0 Å². The number of aliphatic hydroxyl groups excluding tert-OH is 1. The third-order valence-corrected chi connectivity index (χ3v) is 4.86. The van der Waals surface area contributed by atoms with Crippen LogP contribution in [0.25, 0.3) is 16.5 Å². The molecular weight excluding hydrogens is 374 g/mol. The van der Waals surface area contributed by atoms with E-state index < -0.39 is 5.97 Å². The van der Waals surface area contributed by atoms with Crippen LogP contribution in [0.3, 0.4) is 0 Å². The van der Waals surface area contributed by atoms with Crippen molar-refractivity contribution >= 4 is 28.7 Å². The second kappa shape index (κ2) is 11.0. The quantitative estimate of drug-likeness (QED) is 0.163. The first-order valence-corrected chi connectivity index (χ1v) is 10.3. The molecule has 4 nitrogen and oxygen atoms in total. The normalized spacial score (nSPS) is 12.2. The van der Waals surface area contributed by atoms with Crippen LogP contribution in [0.4, 0.5) is 0 Å². The fourth-order valence-electron chi connectivity index (χ4n) is 3.33. The van der Waals surface area contributed by atoms with E-state index in [0.717, 1.165) is 30.0 Å². The minimum Gasteiger partial charge on any atom is -0.506 e. The molecule has 0 unspecified atom stereocenters. The zero-order chi connectivity index (χ0) is 21.2. The van der Waals surface area contributed by atoms with Gasteiger partial charge in [-0.1, -0.05) is 72.8 Å². The number of benzene rings is 3. The summed E-state index contributed by atoms with van der Waals surface area (Å²) in [7, 11) is 0. The molecule has 0 spiro atoms. The maximum atomic E-state index is 12.5. The van der Waals surface area contributed by atoms with Gasteiger partial charge in [-0.3, -0.25) is 4.99 Å². The molecule has 0 saturated heterocycles. The smallest absolute Gasteiger partial charge is 0.343 e. The van der Waals surface area contributed by atoms with Crippen LogP contribution in [0.15, 0.2) is 83.4 Å². The first kappa shape index (κ1) is 21.3. The second-order valence-electron chi connectivity index (χ2n) is 6.99. The number of fused-ring (bicyclic) bond motifs is 1. The Kier molecular flexibility index (Phi) is 7.78. The van der Waals surface area contributed by atoms with Crippen LogP contribution in [-0.4, -0.2) is 30.4 Å². The van der Waals surface area contributed by atoms with Crippen LogP contribution in [-0.2, 0) is 16.0 Å². The Hall–Kier alpha value is -3.40. The molecule has 1 N–H and O–H groups in total. The number of unbranched alkanes of at least 4 members (excludes halogenated alkanes) is 1. The number of aryl methyl sites for hydroxylation is 1. The van der Waals surface area contributed by atoms with E-state index in [-0.39, 0.29) is 17.9 Å². The highest BCUT2D eigenvalue weighted by molar-refractivity contribution is 6.16. The molecule has 3 rings (SSSR count). The van der Waals surface area contributed by atoms with Gasteiger partial charge in [0.2, 0.25) is 0 Å². The molecule has 0 aromatic heterocycles. The van der Waals surface area contributed by atoms with Crippen molar-refractivity contribution in [3.63, 3.8) is 0 Å². The van der Waals surface area contributed by atoms with Crippen molar-refractivity contribution in [3.8, 4) is 0 Å². The lowest BCUT2D eigenvalue weighted by molar-refractivity contribution is -0.137. The average molecular weight is 402 g/mol. The highest BCUT2D eigenvalue weighted by Crippen LogP contribution is 2.25. The first-order chi connectivity index (χ1) is 14.7. The summed E-state index contributed by atoms with van der Waals surface area (Å²) < 4.78 is 5.15. The van der Waals surface area contributed by atoms with Crippen LogP contribution >= 0.6 is 0 Å². The summed E-state index contributed by atoms with van der Waals surface area (Å²) in [6, 6.07) is 23.7. The van der Waals surface area contributed by atoms with Crippen LogP contribution in [0.5, 0.6) is 0 Å². The fourth-order valence-corrected chi connectivity index (χ4v) is 3.33. The van der Waals surface area contributed by atoms with E-state index in [1.807, 2.05) is 54.6 Å². The van der Waals surface area contributed by atoms with E-state index in [0.29, 0.717) is 12.1 Å². The SMILES string of the molecule is CCOC(=O)/C(C=NCCCCc1ccccc1)=C(/O)c1cccc2ccccc12. The van der Waals surface area contributed by atoms with E-state index in [1.165, 1.54) is 11.8 Å². The average Bonchev–Trinajstić information content (AvgIpc) is 2.78. The van der Waals surface area contributed by atoms with Gasteiger partial charge in [-0.25, -0.2) is 4.79 Å². The molecule has 0 aliphatic rings. The Morgan fingerprint density at radius 3 is 2.50 bits per heavy atom. The van der Waals surface area contributed by atoms with Crippen molar-refractivity contribution in [1.82, 2.24) is 0 Å². The molecule has 0 radical (unpaired) electrons.